The Morgan fingerprint density at radius 3 is 2.94 bits per heavy atom. The largest absolute Gasteiger partial charge is 0.483 e. The van der Waals surface area contributed by atoms with E-state index in [2.05, 4.69) is 11.9 Å². The fraction of sp³-hybridized carbons (Fsp3) is 0.308. The molecule has 0 atom stereocenters. The van der Waals surface area contributed by atoms with E-state index in [4.69, 9.17) is 4.74 Å². The molecule has 1 amide bonds. The van der Waals surface area contributed by atoms with Gasteiger partial charge in [0.05, 0.1) is 0 Å². The Hall–Kier alpha value is -1.77. The molecule has 1 aromatic carbocycles. The zero-order valence-electron chi connectivity index (χ0n) is 9.11. The van der Waals surface area contributed by atoms with Crippen molar-refractivity contribution in [3.05, 3.63) is 36.4 Å². The number of para-hydroxylation sites is 1. The SMILES string of the molecule is C=Cc1ccccc1OCC(=O)NC1CC1. The van der Waals surface area contributed by atoms with Gasteiger partial charge < -0.3 is 10.1 Å². The Morgan fingerprint density at radius 1 is 1.50 bits per heavy atom. The summed E-state index contributed by atoms with van der Waals surface area (Å²) in [5, 5.41) is 2.87. The maximum absolute atomic E-state index is 11.4. The van der Waals surface area contributed by atoms with Crippen molar-refractivity contribution >= 4 is 12.0 Å². The summed E-state index contributed by atoms with van der Waals surface area (Å²) >= 11 is 0. The summed E-state index contributed by atoms with van der Waals surface area (Å²) in [6.07, 6.45) is 3.90. The van der Waals surface area contributed by atoms with E-state index in [0.29, 0.717) is 11.8 Å². The van der Waals surface area contributed by atoms with Gasteiger partial charge in [0, 0.05) is 11.6 Å². The molecule has 16 heavy (non-hydrogen) atoms. The minimum atomic E-state index is -0.0543. The van der Waals surface area contributed by atoms with E-state index >= 15 is 0 Å². The normalized spacial score (nSPS) is 14.2. The van der Waals surface area contributed by atoms with Crippen LogP contribution in [0.5, 0.6) is 5.75 Å². The molecule has 0 aliphatic heterocycles. The van der Waals surface area contributed by atoms with Crippen molar-refractivity contribution in [1.82, 2.24) is 5.32 Å². The summed E-state index contributed by atoms with van der Waals surface area (Å²) in [7, 11) is 0. The monoisotopic (exact) mass is 217 g/mol. The number of hydrogen-bond acceptors (Lipinski definition) is 2. The first-order valence-electron chi connectivity index (χ1n) is 5.43. The number of hydrogen-bond donors (Lipinski definition) is 1. The van der Waals surface area contributed by atoms with Crippen molar-refractivity contribution < 1.29 is 9.53 Å². The van der Waals surface area contributed by atoms with E-state index in [9.17, 15) is 4.79 Å². The molecule has 0 bridgehead atoms. The van der Waals surface area contributed by atoms with E-state index in [-0.39, 0.29) is 12.5 Å². The number of amides is 1. The highest BCUT2D eigenvalue weighted by Gasteiger charge is 2.23. The summed E-state index contributed by atoms with van der Waals surface area (Å²) in [4.78, 5) is 11.4. The quantitative estimate of drug-likeness (QED) is 0.819. The molecular formula is C13H15NO2. The van der Waals surface area contributed by atoms with Crippen LogP contribution in [0.4, 0.5) is 0 Å². The third kappa shape index (κ3) is 2.86. The average molecular weight is 217 g/mol. The van der Waals surface area contributed by atoms with Gasteiger partial charge in [-0.2, -0.15) is 0 Å². The summed E-state index contributed by atoms with van der Waals surface area (Å²) in [6, 6.07) is 7.91. The number of nitrogens with one attached hydrogen (secondary N) is 1. The van der Waals surface area contributed by atoms with Crippen LogP contribution < -0.4 is 10.1 Å². The predicted octanol–water partition coefficient (Wildman–Crippen LogP) is 1.99. The second-order valence-corrected chi connectivity index (χ2v) is 3.87. The van der Waals surface area contributed by atoms with Crippen LogP contribution in [0.25, 0.3) is 6.08 Å². The van der Waals surface area contributed by atoms with Crippen LogP contribution in [-0.2, 0) is 4.79 Å². The molecular weight excluding hydrogens is 202 g/mol. The van der Waals surface area contributed by atoms with Gasteiger partial charge in [-0.25, -0.2) is 0 Å². The topological polar surface area (TPSA) is 38.3 Å². The minimum Gasteiger partial charge on any atom is -0.483 e. The Labute approximate surface area is 95.1 Å². The molecule has 2 rings (SSSR count). The third-order valence-corrected chi connectivity index (χ3v) is 2.44. The molecule has 1 aliphatic carbocycles. The van der Waals surface area contributed by atoms with E-state index in [1.165, 1.54) is 0 Å². The molecule has 0 spiro atoms. The fourth-order valence-electron chi connectivity index (χ4n) is 1.42. The van der Waals surface area contributed by atoms with Crippen molar-refractivity contribution in [3.8, 4) is 5.75 Å². The Bertz CT molecular complexity index is 397. The van der Waals surface area contributed by atoms with Crippen molar-refractivity contribution in [2.75, 3.05) is 6.61 Å². The maximum atomic E-state index is 11.4. The van der Waals surface area contributed by atoms with Crippen LogP contribution in [0, 0.1) is 0 Å². The van der Waals surface area contributed by atoms with Gasteiger partial charge >= 0.3 is 0 Å². The molecule has 84 valence electrons. The van der Waals surface area contributed by atoms with Gasteiger partial charge in [0.2, 0.25) is 0 Å². The first-order valence-corrected chi connectivity index (χ1v) is 5.43. The van der Waals surface area contributed by atoms with Gasteiger partial charge in [0.1, 0.15) is 5.75 Å². The highest BCUT2D eigenvalue weighted by molar-refractivity contribution is 5.78. The number of rotatable bonds is 5. The molecule has 1 aromatic rings. The molecule has 0 saturated heterocycles. The molecule has 1 N–H and O–H groups in total. The first-order chi connectivity index (χ1) is 7.79. The fourth-order valence-corrected chi connectivity index (χ4v) is 1.42. The molecule has 1 fully saturated rings. The molecule has 3 heteroatoms. The average Bonchev–Trinajstić information content (AvgIpc) is 3.10. The summed E-state index contributed by atoms with van der Waals surface area (Å²) in [6.45, 7) is 3.77. The Morgan fingerprint density at radius 2 is 2.25 bits per heavy atom. The molecule has 3 nitrogen and oxygen atoms in total. The standard InChI is InChI=1S/C13H15NO2/c1-2-10-5-3-4-6-12(10)16-9-13(15)14-11-7-8-11/h2-6,11H,1,7-9H2,(H,14,15). The molecule has 0 aromatic heterocycles. The Kier molecular flexibility index (Phi) is 3.25. The predicted molar refractivity (Wildman–Crippen MR) is 63.2 cm³/mol. The number of benzene rings is 1. The first kappa shape index (κ1) is 10.7. The summed E-state index contributed by atoms with van der Waals surface area (Å²) in [5.74, 6) is 0.643. The summed E-state index contributed by atoms with van der Waals surface area (Å²) in [5.41, 5.74) is 0.904. The van der Waals surface area contributed by atoms with Gasteiger partial charge in [-0.15, -0.1) is 0 Å². The van der Waals surface area contributed by atoms with Crippen LogP contribution in [0.2, 0.25) is 0 Å². The molecule has 0 unspecified atom stereocenters. The molecule has 1 aliphatic rings. The highest BCUT2D eigenvalue weighted by Crippen LogP contribution is 2.20. The second-order valence-electron chi connectivity index (χ2n) is 3.87. The van der Waals surface area contributed by atoms with E-state index < -0.39 is 0 Å². The summed E-state index contributed by atoms with van der Waals surface area (Å²) < 4.78 is 5.44. The van der Waals surface area contributed by atoms with Gasteiger partial charge in [-0.05, 0) is 18.9 Å². The lowest BCUT2D eigenvalue weighted by Crippen LogP contribution is -2.30. The molecule has 0 radical (unpaired) electrons. The minimum absolute atomic E-state index is 0.0543. The maximum Gasteiger partial charge on any atom is 0.258 e. The van der Waals surface area contributed by atoms with Crippen LogP contribution in [-0.4, -0.2) is 18.6 Å². The lowest BCUT2D eigenvalue weighted by molar-refractivity contribution is -0.123. The van der Waals surface area contributed by atoms with Crippen molar-refractivity contribution in [3.63, 3.8) is 0 Å². The molecule has 0 heterocycles. The lowest BCUT2D eigenvalue weighted by Gasteiger charge is -2.08. The van der Waals surface area contributed by atoms with Crippen molar-refractivity contribution in [2.24, 2.45) is 0 Å². The van der Waals surface area contributed by atoms with Gasteiger partial charge in [0.25, 0.3) is 5.91 Å². The van der Waals surface area contributed by atoms with Crippen LogP contribution in [0.15, 0.2) is 30.8 Å². The van der Waals surface area contributed by atoms with Gasteiger partial charge in [-0.1, -0.05) is 30.9 Å². The van der Waals surface area contributed by atoms with Crippen LogP contribution in [0.3, 0.4) is 0 Å². The van der Waals surface area contributed by atoms with Crippen molar-refractivity contribution in [1.29, 1.82) is 0 Å². The number of carbonyl (C=O) groups excluding carboxylic acids is 1. The second kappa shape index (κ2) is 4.84. The zero-order chi connectivity index (χ0) is 11.4. The van der Waals surface area contributed by atoms with Crippen LogP contribution >= 0.6 is 0 Å². The van der Waals surface area contributed by atoms with Crippen LogP contribution in [0.1, 0.15) is 18.4 Å². The van der Waals surface area contributed by atoms with Gasteiger partial charge in [-0.3, -0.25) is 4.79 Å². The molecule has 1 saturated carbocycles. The Balaban J connectivity index is 1.87. The van der Waals surface area contributed by atoms with Gasteiger partial charge in [0.15, 0.2) is 6.61 Å². The number of ether oxygens (including phenoxy) is 1. The zero-order valence-corrected chi connectivity index (χ0v) is 9.11. The lowest BCUT2D eigenvalue weighted by atomic mass is 10.2. The van der Waals surface area contributed by atoms with E-state index in [1.54, 1.807) is 6.08 Å². The smallest absolute Gasteiger partial charge is 0.258 e. The number of carbonyl (C=O) groups is 1. The third-order valence-electron chi connectivity index (χ3n) is 2.44. The van der Waals surface area contributed by atoms with E-state index in [0.717, 1.165) is 18.4 Å². The van der Waals surface area contributed by atoms with E-state index in [1.807, 2.05) is 24.3 Å². The van der Waals surface area contributed by atoms with Crippen molar-refractivity contribution in [2.45, 2.75) is 18.9 Å². The highest BCUT2D eigenvalue weighted by atomic mass is 16.5.